The van der Waals surface area contributed by atoms with Gasteiger partial charge in [0.2, 0.25) is 0 Å². The monoisotopic (exact) mass is 349 g/mol. The van der Waals surface area contributed by atoms with Crippen LogP contribution in [0.1, 0.15) is 6.42 Å². The summed E-state index contributed by atoms with van der Waals surface area (Å²) < 4.78 is 18.9. The lowest BCUT2D eigenvalue weighted by atomic mass is 10.2. The number of nitrogens with one attached hydrogen (secondary N) is 1. The number of carbonyl (C=O) groups excluding carboxylic acids is 1. The minimum absolute atomic E-state index is 0.114. The molecule has 0 unspecified atom stereocenters. The summed E-state index contributed by atoms with van der Waals surface area (Å²) >= 11 is 3.08. The molecule has 0 saturated heterocycles. The fourth-order valence-electron chi connectivity index (χ4n) is 1.36. The van der Waals surface area contributed by atoms with Gasteiger partial charge in [0, 0.05) is 17.5 Å². The number of aliphatic hydroxyl groups excluding tert-OH is 1. The normalized spacial score (nSPS) is 11.8. The molecule has 1 atom stereocenters. The Labute approximate surface area is 122 Å². The molecule has 0 aliphatic rings. The molecule has 0 radical (unpaired) electrons. The average molecular weight is 350 g/mol. The number of rotatable bonds is 7. The van der Waals surface area contributed by atoms with Gasteiger partial charge in [-0.2, -0.15) is 0 Å². The molecule has 0 aliphatic heterocycles. The van der Waals surface area contributed by atoms with Crippen molar-refractivity contribution in [2.24, 2.45) is 0 Å². The molecule has 0 aromatic heterocycles. The van der Waals surface area contributed by atoms with Crippen LogP contribution in [0, 0.1) is 5.82 Å². The maximum atomic E-state index is 13.4. The molecule has 0 saturated carbocycles. The number of halogens is 2. The fourth-order valence-corrected chi connectivity index (χ4v) is 1.69. The number of carboxylic acid groups (broad SMARTS) is 1. The molecule has 20 heavy (non-hydrogen) atoms. The second-order valence-electron chi connectivity index (χ2n) is 3.83. The van der Waals surface area contributed by atoms with Gasteiger partial charge >= 0.3 is 5.97 Å². The molecule has 0 spiro atoms. The molecule has 1 amide bonds. The summed E-state index contributed by atoms with van der Waals surface area (Å²) in [6, 6.07) is 2.86. The number of carbonyl (C=O) groups is 2. The van der Waals surface area contributed by atoms with Crippen LogP contribution < -0.4 is 10.1 Å². The van der Waals surface area contributed by atoms with Crippen LogP contribution in [0.15, 0.2) is 22.7 Å². The van der Waals surface area contributed by atoms with Crippen LogP contribution in [0.25, 0.3) is 0 Å². The van der Waals surface area contributed by atoms with Crippen molar-refractivity contribution in [3.63, 3.8) is 0 Å². The maximum absolute atomic E-state index is 13.4. The first kappa shape index (κ1) is 16.4. The molecule has 3 N–H and O–H groups in total. The van der Waals surface area contributed by atoms with E-state index < -0.39 is 30.3 Å². The molecule has 1 aromatic rings. The summed E-state index contributed by atoms with van der Waals surface area (Å²) in [6.07, 6.45) is -0.117. The third-order valence-electron chi connectivity index (χ3n) is 2.30. The third-order valence-corrected chi connectivity index (χ3v) is 2.80. The van der Waals surface area contributed by atoms with Gasteiger partial charge in [0.15, 0.2) is 18.2 Å². The molecule has 1 aromatic carbocycles. The van der Waals surface area contributed by atoms with Gasteiger partial charge in [0.05, 0.1) is 0 Å². The van der Waals surface area contributed by atoms with Crippen molar-refractivity contribution < 1.29 is 28.9 Å². The van der Waals surface area contributed by atoms with E-state index in [1.807, 2.05) is 0 Å². The van der Waals surface area contributed by atoms with Crippen molar-refractivity contribution in [1.29, 1.82) is 0 Å². The van der Waals surface area contributed by atoms with Crippen molar-refractivity contribution in [2.45, 2.75) is 12.5 Å². The van der Waals surface area contributed by atoms with E-state index in [4.69, 9.17) is 14.9 Å². The molecule has 0 heterocycles. The number of amides is 1. The Morgan fingerprint density at radius 1 is 1.45 bits per heavy atom. The van der Waals surface area contributed by atoms with Crippen molar-refractivity contribution in [1.82, 2.24) is 5.32 Å². The second kappa shape index (κ2) is 7.81. The number of aliphatic carboxylic acids is 1. The molecule has 8 heteroatoms. The van der Waals surface area contributed by atoms with Crippen LogP contribution in [0.4, 0.5) is 4.39 Å². The fraction of sp³-hybridized carbons (Fsp3) is 0.333. The maximum Gasteiger partial charge on any atom is 0.326 e. The molecule has 6 nitrogen and oxygen atoms in total. The Balaban J connectivity index is 2.52. The topological polar surface area (TPSA) is 95.9 Å². The lowest BCUT2D eigenvalue weighted by Gasteiger charge is -2.13. The van der Waals surface area contributed by atoms with Crippen LogP contribution in [0.3, 0.4) is 0 Å². The quantitative estimate of drug-likeness (QED) is 0.680. The Morgan fingerprint density at radius 2 is 2.15 bits per heavy atom. The molecule has 110 valence electrons. The molecule has 0 bridgehead atoms. The first-order chi connectivity index (χ1) is 9.43. The molecule has 0 aliphatic carbocycles. The van der Waals surface area contributed by atoms with E-state index in [9.17, 15) is 14.0 Å². The number of ether oxygens (including phenoxy) is 1. The predicted octanol–water partition coefficient (Wildman–Crippen LogP) is 0.919. The molecule has 0 fully saturated rings. The molecular weight excluding hydrogens is 337 g/mol. The Kier molecular flexibility index (Phi) is 6.40. The van der Waals surface area contributed by atoms with Gasteiger partial charge in [-0.1, -0.05) is 15.9 Å². The summed E-state index contributed by atoms with van der Waals surface area (Å²) in [5, 5.41) is 19.6. The summed E-state index contributed by atoms with van der Waals surface area (Å²) in [6.45, 7) is -0.896. The molecule has 1 rings (SSSR count). The third kappa shape index (κ3) is 5.14. The first-order valence-corrected chi connectivity index (χ1v) is 6.44. The van der Waals surface area contributed by atoms with Crippen molar-refractivity contribution >= 4 is 27.8 Å². The average Bonchev–Trinajstić information content (AvgIpc) is 2.37. The van der Waals surface area contributed by atoms with Gasteiger partial charge in [0.25, 0.3) is 5.91 Å². The van der Waals surface area contributed by atoms with E-state index in [0.29, 0.717) is 4.47 Å². The summed E-state index contributed by atoms with van der Waals surface area (Å²) in [4.78, 5) is 22.2. The van der Waals surface area contributed by atoms with Crippen LogP contribution in [-0.4, -0.2) is 41.3 Å². The summed E-state index contributed by atoms with van der Waals surface area (Å²) in [5.41, 5.74) is 0. The number of hydrogen-bond donors (Lipinski definition) is 3. The van der Waals surface area contributed by atoms with Gasteiger partial charge in [-0.15, -0.1) is 0 Å². The minimum atomic E-state index is -1.26. The van der Waals surface area contributed by atoms with Crippen LogP contribution in [0.2, 0.25) is 0 Å². The summed E-state index contributed by atoms with van der Waals surface area (Å²) in [7, 11) is 0. The largest absolute Gasteiger partial charge is 0.481 e. The van der Waals surface area contributed by atoms with E-state index in [1.54, 1.807) is 6.07 Å². The first-order valence-electron chi connectivity index (χ1n) is 5.65. The van der Waals surface area contributed by atoms with Crippen molar-refractivity contribution in [3.8, 4) is 5.75 Å². The summed E-state index contributed by atoms with van der Waals surface area (Å²) in [5.74, 6) is -2.73. The zero-order chi connectivity index (χ0) is 15.1. The van der Waals surface area contributed by atoms with Gasteiger partial charge in [0.1, 0.15) is 6.04 Å². The van der Waals surface area contributed by atoms with Gasteiger partial charge < -0.3 is 20.3 Å². The highest BCUT2D eigenvalue weighted by molar-refractivity contribution is 9.10. The van der Waals surface area contributed by atoms with E-state index in [2.05, 4.69) is 21.2 Å². The number of aliphatic hydroxyl groups is 1. The second-order valence-corrected chi connectivity index (χ2v) is 4.75. The van der Waals surface area contributed by atoms with E-state index in [-0.39, 0.29) is 18.8 Å². The Morgan fingerprint density at radius 3 is 2.70 bits per heavy atom. The van der Waals surface area contributed by atoms with Crippen LogP contribution >= 0.6 is 15.9 Å². The highest BCUT2D eigenvalue weighted by Crippen LogP contribution is 2.21. The van der Waals surface area contributed by atoms with E-state index >= 15 is 0 Å². The number of benzene rings is 1. The lowest BCUT2D eigenvalue weighted by molar-refractivity contribution is -0.142. The lowest BCUT2D eigenvalue weighted by Crippen LogP contribution is -2.43. The highest BCUT2D eigenvalue weighted by Gasteiger charge is 2.19. The van der Waals surface area contributed by atoms with Gasteiger partial charge in [-0.05, 0) is 18.2 Å². The number of carboxylic acids is 1. The predicted molar refractivity (Wildman–Crippen MR) is 70.9 cm³/mol. The number of hydrogen-bond acceptors (Lipinski definition) is 4. The Hall–Kier alpha value is -1.67. The van der Waals surface area contributed by atoms with Crippen molar-refractivity contribution in [3.05, 3.63) is 28.5 Å². The smallest absolute Gasteiger partial charge is 0.326 e. The zero-order valence-electron chi connectivity index (χ0n) is 10.3. The van der Waals surface area contributed by atoms with Gasteiger partial charge in [-0.25, -0.2) is 9.18 Å². The van der Waals surface area contributed by atoms with E-state index in [0.717, 1.165) is 0 Å². The van der Waals surface area contributed by atoms with Crippen molar-refractivity contribution in [2.75, 3.05) is 13.2 Å². The highest BCUT2D eigenvalue weighted by atomic mass is 79.9. The SMILES string of the molecule is O=C(COc1ccc(Br)cc1F)N[C@H](CCO)C(=O)O. The van der Waals surface area contributed by atoms with Crippen LogP contribution in [0.5, 0.6) is 5.75 Å². The van der Waals surface area contributed by atoms with E-state index in [1.165, 1.54) is 12.1 Å². The molecular formula is C12H13BrFNO5. The Bertz CT molecular complexity index is 497. The standard InChI is InChI=1S/C12H13BrFNO5/c13-7-1-2-10(8(14)5-7)20-6-11(17)15-9(3-4-16)12(18)19/h1-2,5,9,16H,3-4,6H2,(H,15,17)(H,18,19)/t9-/m1/s1. The zero-order valence-corrected chi connectivity index (χ0v) is 11.9. The van der Waals surface area contributed by atoms with Gasteiger partial charge in [-0.3, -0.25) is 4.79 Å². The minimum Gasteiger partial charge on any atom is -0.481 e. The van der Waals surface area contributed by atoms with Crippen LogP contribution in [-0.2, 0) is 9.59 Å².